The summed E-state index contributed by atoms with van der Waals surface area (Å²) in [5, 5.41) is -0.367. The second-order valence-corrected chi connectivity index (χ2v) is 10.7. The number of hydrogen-bond acceptors (Lipinski definition) is 4. The van der Waals surface area contributed by atoms with Crippen LogP contribution in [0.5, 0.6) is 0 Å². The highest BCUT2D eigenvalue weighted by Crippen LogP contribution is 2.32. The lowest BCUT2D eigenvalue weighted by atomic mass is 9.84. The van der Waals surface area contributed by atoms with Crippen molar-refractivity contribution in [1.82, 2.24) is 4.98 Å². The van der Waals surface area contributed by atoms with E-state index < -0.39 is 15.3 Å². The SMILES string of the molecule is Cc1cnccc1C(=O)c1cc(Cl)ccc1NS(=O)(=O)C1C=CC(C(C)(C)C)=CC1. The summed E-state index contributed by atoms with van der Waals surface area (Å²) >= 11 is 6.11. The minimum Gasteiger partial charge on any atom is -0.289 e. The van der Waals surface area contributed by atoms with Crippen LogP contribution in [0.4, 0.5) is 5.69 Å². The van der Waals surface area contributed by atoms with Crippen molar-refractivity contribution in [2.75, 3.05) is 4.72 Å². The van der Waals surface area contributed by atoms with Gasteiger partial charge < -0.3 is 0 Å². The van der Waals surface area contributed by atoms with Gasteiger partial charge in [-0.25, -0.2) is 8.42 Å². The number of hydrogen-bond donors (Lipinski definition) is 1. The summed E-state index contributed by atoms with van der Waals surface area (Å²) in [6, 6.07) is 6.17. The molecule has 158 valence electrons. The molecule has 0 bridgehead atoms. The predicted molar refractivity (Wildman–Crippen MR) is 121 cm³/mol. The standard InChI is InChI=1S/C23H25ClN2O3S/c1-15-14-25-12-11-19(15)22(27)20-13-17(24)7-10-21(20)26-30(28,29)18-8-5-16(6-9-18)23(2,3)4/h5-8,10-14,18,26H,9H2,1-4H3. The fourth-order valence-electron chi connectivity index (χ4n) is 3.28. The van der Waals surface area contributed by atoms with Gasteiger partial charge in [0.1, 0.15) is 5.25 Å². The average Bonchev–Trinajstić information content (AvgIpc) is 2.68. The maximum atomic E-state index is 13.1. The van der Waals surface area contributed by atoms with Crippen LogP contribution in [0.25, 0.3) is 0 Å². The molecular weight excluding hydrogens is 420 g/mol. The third-order valence-corrected chi connectivity index (χ3v) is 6.95. The Morgan fingerprint density at radius 3 is 2.53 bits per heavy atom. The Morgan fingerprint density at radius 2 is 1.93 bits per heavy atom. The summed E-state index contributed by atoms with van der Waals surface area (Å²) in [4.78, 5) is 17.1. The molecule has 3 rings (SSSR count). The van der Waals surface area contributed by atoms with Crippen LogP contribution < -0.4 is 4.72 Å². The molecule has 0 saturated heterocycles. The summed E-state index contributed by atoms with van der Waals surface area (Å²) in [7, 11) is -3.76. The first-order chi connectivity index (χ1) is 14.0. The minimum absolute atomic E-state index is 0.0448. The van der Waals surface area contributed by atoms with Crippen molar-refractivity contribution in [3.8, 4) is 0 Å². The van der Waals surface area contributed by atoms with Gasteiger partial charge in [0.15, 0.2) is 5.78 Å². The summed E-state index contributed by atoms with van der Waals surface area (Å²) < 4.78 is 28.7. The van der Waals surface area contributed by atoms with E-state index in [1.54, 1.807) is 31.3 Å². The molecular formula is C23H25ClN2O3S. The number of halogens is 1. The van der Waals surface area contributed by atoms with Gasteiger partial charge in [-0.3, -0.25) is 14.5 Å². The van der Waals surface area contributed by atoms with Crippen LogP contribution in [0.1, 0.15) is 48.7 Å². The molecule has 0 spiro atoms. The first kappa shape index (κ1) is 22.2. The number of ketones is 1. The zero-order valence-corrected chi connectivity index (χ0v) is 19.0. The molecule has 1 aromatic heterocycles. The lowest BCUT2D eigenvalue weighted by Crippen LogP contribution is -2.28. The van der Waals surface area contributed by atoms with Gasteiger partial charge in [0, 0.05) is 28.5 Å². The summed E-state index contributed by atoms with van der Waals surface area (Å²) in [5.74, 6) is -0.316. The predicted octanol–water partition coefficient (Wildman–Crippen LogP) is 5.32. The van der Waals surface area contributed by atoms with Crippen LogP contribution in [-0.4, -0.2) is 24.4 Å². The maximum Gasteiger partial charge on any atom is 0.239 e. The van der Waals surface area contributed by atoms with Crippen LogP contribution in [0.2, 0.25) is 5.02 Å². The monoisotopic (exact) mass is 444 g/mol. The topological polar surface area (TPSA) is 76.1 Å². The number of aromatic nitrogens is 1. The van der Waals surface area contributed by atoms with E-state index in [4.69, 9.17) is 11.6 Å². The first-order valence-corrected chi connectivity index (χ1v) is 11.6. The van der Waals surface area contributed by atoms with Crippen LogP contribution in [0, 0.1) is 12.3 Å². The number of nitrogens with zero attached hydrogens (tertiary/aromatic N) is 1. The van der Waals surface area contributed by atoms with Crippen LogP contribution >= 0.6 is 11.6 Å². The highest BCUT2D eigenvalue weighted by Gasteiger charge is 2.28. The lowest BCUT2D eigenvalue weighted by Gasteiger charge is -2.25. The van der Waals surface area contributed by atoms with Crippen molar-refractivity contribution in [3.05, 3.63) is 82.2 Å². The van der Waals surface area contributed by atoms with Crippen molar-refractivity contribution in [3.63, 3.8) is 0 Å². The summed E-state index contributed by atoms with van der Waals surface area (Å²) in [6.07, 6.45) is 9.01. The van der Waals surface area contributed by atoms with Gasteiger partial charge in [-0.05, 0) is 54.2 Å². The van der Waals surface area contributed by atoms with Crippen molar-refractivity contribution in [1.29, 1.82) is 0 Å². The van der Waals surface area contributed by atoms with Gasteiger partial charge in [0.05, 0.1) is 5.69 Å². The van der Waals surface area contributed by atoms with Crippen molar-refractivity contribution >= 4 is 33.1 Å². The molecule has 2 aromatic rings. The largest absolute Gasteiger partial charge is 0.289 e. The van der Waals surface area contributed by atoms with Gasteiger partial charge in [-0.2, -0.15) is 0 Å². The normalized spacial score (nSPS) is 16.8. The highest BCUT2D eigenvalue weighted by molar-refractivity contribution is 7.93. The second kappa shape index (κ2) is 8.36. The Bertz CT molecular complexity index is 1150. The third kappa shape index (κ3) is 4.82. The Balaban J connectivity index is 1.91. The Morgan fingerprint density at radius 1 is 1.20 bits per heavy atom. The molecule has 1 aliphatic carbocycles. The number of rotatable bonds is 5. The minimum atomic E-state index is -3.76. The van der Waals surface area contributed by atoms with E-state index in [1.807, 2.05) is 12.2 Å². The number of carbonyl (C=O) groups is 1. The molecule has 0 saturated carbocycles. The van der Waals surface area contributed by atoms with E-state index in [2.05, 4.69) is 30.5 Å². The highest BCUT2D eigenvalue weighted by atomic mass is 35.5. The Hall–Kier alpha value is -2.44. The van der Waals surface area contributed by atoms with E-state index in [0.717, 1.165) is 5.57 Å². The van der Waals surface area contributed by atoms with Gasteiger partial charge in [-0.15, -0.1) is 0 Å². The number of carbonyl (C=O) groups excluding carboxylic acids is 1. The molecule has 1 unspecified atom stereocenters. The molecule has 1 aliphatic rings. The number of benzene rings is 1. The molecule has 30 heavy (non-hydrogen) atoms. The van der Waals surface area contributed by atoms with Crippen molar-refractivity contribution in [2.24, 2.45) is 5.41 Å². The molecule has 0 amide bonds. The smallest absolute Gasteiger partial charge is 0.239 e. The summed E-state index contributed by atoms with van der Waals surface area (Å²) in [5.41, 5.74) is 2.61. The third-order valence-electron chi connectivity index (χ3n) is 5.07. The number of aryl methyl sites for hydroxylation is 1. The van der Waals surface area contributed by atoms with Crippen LogP contribution in [-0.2, 0) is 10.0 Å². The zero-order valence-electron chi connectivity index (χ0n) is 17.4. The van der Waals surface area contributed by atoms with E-state index >= 15 is 0 Å². The molecule has 1 atom stereocenters. The number of sulfonamides is 1. The van der Waals surface area contributed by atoms with Gasteiger partial charge >= 0.3 is 0 Å². The number of anilines is 1. The Labute approximate surface area is 182 Å². The zero-order chi connectivity index (χ0) is 22.1. The van der Waals surface area contributed by atoms with Crippen LogP contribution in [0.3, 0.4) is 0 Å². The molecule has 0 fully saturated rings. The molecule has 1 heterocycles. The van der Waals surface area contributed by atoms with E-state index in [-0.39, 0.29) is 22.4 Å². The second-order valence-electron chi connectivity index (χ2n) is 8.40. The number of pyridine rings is 1. The number of nitrogens with one attached hydrogen (secondary N) is 1. The average molecular weight is 445 g/mol. The van der Waals surface area contributed by atoms with Gasteiger partial charge in [0.2, 0.25) is 10.0 Å². The fraction of sp³-hybridized carbons (Fsp3) is 0.304. The summed E-state index contributed by atoms with van der Waals surface area (Å²) in [6.45, 7) is 8.04. The fourth-order valence-corrected chi connectivity index (χ4v) is 4.73. The lowest BCUT2D eigenvalue weighted by molar-refractivity contribution is 0.103. The quantitative estimate of drug-likeness (QED) is 0.633. The van der Waals surface area contributed by atoms with E-state index in [1.165, 1.54) is 18.3 Å². The molecule has 1 aromatic carbocycles. The van der Waals surface area contributed by atoms with E-state index in [0.29, 0.717) is 22.6 Å². The first-order valence-electron chi connectivity index (χ1n) is 9.64. The molecule has 5 nitrogen and oxygen atoms in total. The van der Waals surface area contributed by atoms with Gasteiger partial charge in [0.25, 0.3) is 0 Å². The molecule has 0 radical (unpaired) electrons. The van der Waals surface area contributed by atoms with Gasteiger partial charge in [-0.1, -0.05) is 50.6 Å². The molecule has 1 N–H and O–H groups in total. The Kier molecular flexibility index (Phi) is 6.20. The molecule has 7 heteroatoms. The van der Waals surface area contributed by atoms with E-state index in [9.17, 15) is 13.2 Å². The maximum absolute atomic E-state index is 13.1. The number of allylic oxidation sites excluding steroid dienone is 3. The van der Waals surface area contributed by atoms with Crippen molar-refractivity contribution in [2.45, 2.75) is 39.4 Å². The molecule has 0 aliphatic heterocycles. The van der Waals surface area contributed by atoms with Crippen molar-refractivity contribution < 1.29 is 13.2 Å². The van der Waals surface area contributed by atoms with Crippen LogP contribution in [0.15, 0.2) is 60.5 Å².